The van der Waals surface area contributed by atoms with Crippen molar-refractivity contribution >= 4 is 22.7 Å². The fourth-order valence-corrected chi connectivity index (χ4v) is 2.17. The highest BCUT2D eigenvalue weighted by atomic mass is 16.3. The van der Waals surface area contributed by atoms with Gasteiger partial charge in [-0.3, -0.25) is 4.79 Å². The van der Waals surface area contributed by atoms with E-state index >= 15 is 0 Å². The summed E-state index contributed by atoms with van der Waals surface area (Å²) in [6, 6.07) is 13.1. The molecular weight excluding hydrogens is 280 g/mol. The predicted molar refractivity (Wildman–Crippen MR) is 83.7 cm³/mol. The van der Waals surface area contributed by atoms with Gasteiger partial charge in [0.05, 0.1) is 6.04 Å². The molecule has 112 valence electrons. The molecule has 0 bridgehead atoms. The summed E-state index contributed by atoms with van der Waals surface area (Å²) in [5.41, 5.74) is 1.14. The third kappa shape index (κ3) is 2.76. The van der Waals surface area contributed by atoms with Gasteiger partial charge in [-0.05, 0) is 31.2 Å². The van der Waals surface area contributed by atoms with Gasteiger partial charge >= 0.3 is 0 Å². The minimum absolute atomic E-state index is 0.0625. The van der Waals surface area contributed by atoms with E-state index in [4.69, 9.17) is 4.42 Å². The van der Waals surface area contributed by atoms with Gasteiger partial charge in [-0.15, -0.1) is 10.2 Å². The second-order valence-electron chi connectivity index (χ2n) is 4.94. The van der Waals surface area contributed by atoms with E-state index in [1.807, 2.05) is 37.3 Å². The molecule has 0 fully saturated rings. The minimum atomic E-state index is -0.260. The molecule has 0 aliphatic rings. The quantitative estimate of drug-likeness (QED) is 0.774. The fraction of sp³-hybridized carbons (Fsp3) is 0.188. The summed E-state index contributed by atoms with van der Waals surface area (Å²) >= 11 is 0. The van der Waals surface area contributed by atoms with E-state index in [9.17, 15) is 4.79 Å². The van der Waals surface area contributed by atoms with E-state index in [0.717, 1.165) is 16.7 Å². The summed E-state index contributed by atoms with van der Waals surface area (Å²) in [5.74, 6) is 1.14. The molecule has 3 aromatic rings. The van der Waals surface area contributed by atoms with Crippen LogP contribution in [0.4, 0.5) is 5.82 Å². The first-order chi connectivity index (χ1) is 10.7. The third-order valence-corrected chi connectivity index (χ3v) is 3.36. The van der Waals surface area contributed by atoms with Crippen molar-refractivity contribution < 1.29 is 9.21 Å². The van der Waals surface area contributed by atoms with E-state index in [1.165, 1.54) is 0 Å². The lowest BCUT2D eigenvalue weighted by Gasteiger charge is -2.11. The Hall–Kier alpha value is -2.89. The Balaban J connectivity index is 1.75. The second-order valence-corrected chi connectivity index (χ2v) is 4.94. The number of nitrogens with one attached hydrogen (secondary N) is 2. The van der Waals surface area contributed by atoms with E-state index in [-0.39, 0.29) is 17.6 Å². The number of anilines is 1. The van der Waals surface area contributed by atoms with Crippen LogP contribution in [-0.2, 0) is 0 Å². The van der Waals surface area contributed by atoms with Crippen LogP contribution in [0.25, 0.3) is 11.0 Å². The summed E-state index contributed by atoms with van der Waals surface area (Å²) in [4.78, 5) is 11.4. The van der Waals surface area contributed by atoms with Crippen LogP contribution in [0.3, 0.4) is 0 Å². The summed E-state index contributed by atoms with van der Waals surface area (Å²) in [7, 11) is 1.56. The molecule has 22 heavy (non-hydrogen) atoms. The van der Waals surface area contributed by atoms with Gasteiger partial charge in [0.2, 0.25) is 0 Å². The first kappa shape index (κ1) is 14.1. The van der Waals surface area contributed by atoms with Gasteiger partial charge in [0.1, 0.15) is 17.2 Å². The van der Waals surface area contributed by atoms with Gasteiger partial charge in [0.15, 0.2) is 5.69 Å². The van der Waals surface area contributed by atoms with Crippen molar-refractivity contribution in [1.29, 1.82) is 0 Å². The number of rotatable bonds is 4. The molecule has 1 amide bonds. The molecule has 0 aliphatic heterocycles. The third-order valence-electron chi connectivity index (χ3n) is 3.36. The number of amides is 1. The van der Waals surface area contributed by atoms with E-state index < -0.39 is 0 Å². The highest BCUT2D eigenvalue weighted by Gasteiger charge is 2.12. The summed E-state index contributed by atoms with van der Waals surface area (Å²) in [6.45, 7) is 1.98. The van der Waals surface area contributed by atoms with Crippen LogP contribution < -0.4 is 10.6 Å². The van der Waals surface area contributed by atoms with Crippen molar-refractivity contribution in [3.8, 4) is 0 Å². The summed E-state index contributed by atoms with van der Waals surface area (Å²) < 4.78 is 5.81. The Morgan fingerprint density at radius 3 is 2.68 bits per heavy atom. The maximum atomic E-state index is 11.4. The van der Waals surface area contributed by atoms with Gasteiger partial charge in [-0.1, -0.05) is 18.2 Å². The number of carbonyl (C=O) groups is 1. The van der Waals surface area contributed by atoms with Crippen molar-refractivity contribution in [2.45, 2.75) is 13.0 Å². The Morgan fingerprint density at radius 2 is 2.00 bits per heavy atom. The lowest BCUT2D eigenvalue weighted by molar-refractivity contribution is 0.0957. The van der Waals surface area contributed by atoms with Crippen LogP contribution in [0, 0.1) is 0 Å². The van der Waals surface area contributed by atoms with Crippen LogP contribution in [0.2, 0.25) is 0 Å². The highest BCUT2D eigenvalue weighted by molar-refractivity contribution is 5.91. The molecule has 6 nitrogen and oxygen atoms in total. The zero-order chi connectivity index (χ0) is 15.5. The maximum absolute atomic E-state index is 11.4. The SMILES string of the molecule is CNC(=O)c1ccc(N[C@H](C)c2cc3ccccc3o2)nn1. The molecular formula is C16H16N4O2. The molecule has 2 N–H and O–H groups in total. The minimum Gasteiger partial charge on any atom is -0.459 e. The number of hydrogen-bond acceptors (Lipinski definition) is 5. The van der Waals surface area contributed by atoms with Crippen molar-refractivity contribution in [1.82, 2.24) is 15.5 Å². The van der Waals surface area contributed by atoms with Crippen LogP contribution in [-0.4, -0.2) is 23.2 Å². The van der Waals surface area contributed by atoms with Crippen molar-refractivity contribution in [2.24, 2.45) is 0 Å². The van der Waals surface area contributed by atoms with Gasteiger partial charge in [0.25, 0.3) is 5.91 Å². The Kier molecular flexibility index (Phi) is 3.74. The lowest BCUT2D eigenvalue weighted by Crippen LogP contribution is -2.20. The maximum Gasteiger partial charge on any atom is 0.271 e. The Labute approximate surface area is 127 Å². The molecule has 0 saturated carbocycles. The van der Waals surface area contributed by atoms with Gasteiger partial charge < -0.3 is 15.1 Å². The zero-order valence-corrected chi connectivity index (χ0v) is 12.3. The van der Waals surface area contributed by atoms with E-state index in [0.29, 0.717) is 5.82 Å². The molecule has 1 atom stereocenters. The van der Waals surface area contributed by atoms with E-state index in [2.05, 4.69) is 20.8 Å². The number of carbonyl (C=O) groups excluding carboxylic acids is 1. The van der Waals surface area contributed by atoms with E-state index in [1.54, 1.807) is 19.2 Å². The van der Waals surface area contributed by atoms with Crippen LogP contribution in [0.5, 0.6) is 0 Å². The summed E-state index contributed by atoms with van der Waals surface area (Å²) in [5, 5.41) is 14.7. The molecule has 0 spiro atoms. The highest BCUT2D eigenvalue weighted by Crippen LogP contribution is 2.25. The molecule has 3 rings (SSSR count). The average molecular weight is 296 g/mol. The molecule has 0 unspecified atom stereocenters. The van der Waals surface area contributed by atoms with Gasteiger partial charge in [-0.2, -0.15) is 0 Å². The molecule has 0 saturated heterocycles. The number of benzene rings is 1. The summed E-state index contributed by atoms with van der Waals surface area (Å²) in [6.07, 6.45) is 0. The van der Waals surface area contributed by atoms with Gasteiger partial charge in [0, 0.05) is 12.4 Å². The standard InChI is InChI=1S/C16H16N4O2/c1-10(14-9-11-5-3-4-6-13(11)22-14)18-15-8-7-12(19-20-15)16(21)17-2/h3-10H,1-2H3,(H,17,21)(H,18,20)/t10-/m1/s1. The number of para-hydroxylation sites is 1. The van der Waals surface area contributed by atoms with Crippen LogP contribution in [0.15, 0.2) is 46.9 Å². The zero-order valence-electron chi connectivity index (χ0n) is 12.3. The first-order valence-electron chi connectivity index (χ1n) is 6.98. The first-order valence-corrected chi connectivity index (χ1v) is 6.98. The Morgan fingerprint density at radius 1 is 1.18 bits per heavy atom. The smallest absolute Gasteiger partial charge is 0.271 e. The number of hydrogen-bond donors (Lipinski definition) is 2. The van der Waals surface area contributed by atoms with Gasteiger partial charge in [-0.25, -0.2) is 0 Å². The number of furan rings is 1. The lowest BCUT2D eigenvalue weighted by atomic mass is 10.2. The normalized spacial score (nSPS) is 12.1. The fourth-order valence-electron chi connectivity index (χ4n) is 2.17. The Bertz CT molecular complexity index is 762. The monoisotopic (exact) mass is 296 g/mol. The number of nitrogens with zero attached hydrogens (tertiary/aromatic N) is 2. The molecule has 6 heteroatoms. The van der Waals surface area contributed by atoms with Crippen molar-refractivity contribution in [3.63, 3.8) is 0 Å². The molecule has 1 aromatic carbocycles. The largest absolute Gasteiger partial charge is 0.459 e. The van der Waals surface area contributed by atoms with Crippen molar-refractivity contribution in [2.75, 3.05) is 12.4 Å². The molecule has 0 aliphatic carbocycles. The van der Waals surface area contributed by atoms with Crippen LogP contribution in [0.1, 0.15) is 29.2 Å². The molecule has 2 aromatic heterocycles. The number of aromatic nitrogens is 2. The topological polar surface area (TPSA) is 80.0 Å². The molecule has 0 radical (unpaired) electrons. The number of fused-ring (bicyclic) bond motifs is 1. The predicted octanol–water partition coefficient (Wildman–Crippen LogP) is 2.76. The second kappa shape index (κ2) is 5.85. The van der Waals surface area contributed by atoms with Crippen LogP contribution >= 0.6 is 0 Å². The van der Waals surface area contributed by atoms with Crippen molar-refractivity contribution in [3.05, 3.63) is 53.9 Å². The molecule has 2 heterocycles. The average Bonchev–Trinajstić information content (AvgIpc) is 2.99.